The van der Waals surface area contributed by atoms with E-state index < -0.39 is 36.4 Å². The van der Waals surface area contributed by atoms with Crippen LogP contribution in [-0.2, 0) is 14.4 Å². The predicted octanol–water partition coefficient (Wildman–Crippen LogP) is -3.22. The SMILES string of the molecule is O.O=C(O)CC(O)(CC(=O)O)C(=O)O.[Na].[Na].[Na]. The van der Waals surface area contributed by atoms with E-state index in [2.05, 4.69) is 0 Å². The zero-order chi connectivity index (χ0) is 10.6. The van der Waals surface area contributed by atoms with Crippen LogP contribution in [0.2, 0.25) is 0 Å². The fourth-order valence-electron chi connectivity index (χ4n) is 0.714. The Morgan fingerprint density at radius 2 is 1.06 bits per heavy atom. The van der Waals surface area contributed by atoms with Crippen molar-refractivity contribution in [3.63, 3.8) is 0 Å². The van der Waals surface area contributed by atoms with Crippen LogP contribution in [-0.4, -0.2) is 138 Å². The molecule has 0 fully saturated rings. The topological polar surface area (TPSA) is 164 Å². The van der Waals surface area contributed by atoms with E-state index in [-0.39, 0.29) is 94.1 Å². The zero-order valence-electron chi connectivity index (χ0n) is 9.93. The van der Waals surface area contributed by atoms with Gasteiger partial charge in [-0.2, -0.15) is 0 Å². The minimum absolute atomic E-state index is 0. The van der Waals surface area contributed by atoms with Crippen molar-refractivity contribution in [1.82, 2.24) is 0 Å². The molecule has 0 saturated carbocycles. The second-order valence-corrected chi connectivity index (χ2v) is 2.48. The number of carboxylic acid groups (broad SMARTS) is 3. The van der Waals surface area contributed by atoms with Crippen molar-refractivity contribution in [2.45, 2.75) is 18.4 Å². The van der Waals surface area contributed by atoms with Crippen molar-refractivity contribution in [2.24, 2.45) is 0 Å². The average molecular weight is 279 g/mol. The molecule has 3 radical (unpaired) electrons. The maximum atomic E-state index is 10.3. The van der Waals surface area contributed by atoms with Gasteiger partial charge in [0.2, 0.25) is 0 Å². The first-order chi connectivity index (χ1) is 5.78. The van der Waals surface area contributed by atoms with Crippen molar-refractivity contribution < 1.29 is 40.3 Å². The van der Waals surface area contributed by atoms with Gasteiger partial charge in [0.25, 0.3) is 0 Å². The van der Waals surface area contributed by atoms with Gasteiger partial charge in [0, 0.05) is 88.7 Å². The molecule has 0 aliphatic carbocycles. The number of aliphatic carboxylic acids is 3. The van der Waals surface area contributed by atoms with Crippen LogP contribution in [0, 0.1) is 0 Å². The van der Waals surface area contributed by atoms with Gasteiger partial charge in [-0.1, -0.05) is 0 Å². The van der Waals surface area contributed by atoms with E-state index in [9.17, 15) is 14.4 Å². The molecule has 0 rings (SSSR count). The number of carbonyl (C=O) groups is 3. The minimum Gasteiger partial charge on any atom is -0.481 e. The Kier molecular flexibility index (Phi) is 25.1. The molecule has 0 amide bonds. The van der Waals surface area contributed by atoms with Gasteiger partial charge in [0.05, 0.1) is 12.8 Å². The predicted molar refractivity (Wildman–Crippen MR) is 58.0 cm³/mol. The Hall–Kier alpha value is 1.33. The van der Waals surface area contributed by atoms with Crippen molar-refractivity contribution in [3.8, 4) is 0 Å². The first-order valence-corrected chi connectivity index (χ1v) is 3.17. The largest absolute Gasteiger partial charge is 0.481 e. The summed E-state index contributed by atoms with van der Waals surface area (Å²) in [4.78, 5) is 30.5. The fourth-order valence-corrected chi connectivity index (χ4v) is 0.714. The summed E-state index contributed by atoms with van der Waals surface area (Å²) in [5, 5.41) is 33.8. The monoisotopic (exact) mass is 279 g/mol. The van der Waals surface area contributed by atoms with Gasteiger partial charge in [-0.3, -0.25) is 9.59 Å². The molecule has 0 heterocycles. The van der Waals surface area contributed by atoms with Gasteiger partial charge in [0.1, 0.15) is 0 Å². The summed E-state index contributed by atoms with van der Waals surface area (Å²) < 4.78 is 0. The maximum absolute atomic E-state index is 10.3. The Balaban J connectivity index is -0.000000120. The fraction of sp³-hybridized carbons (Fsp3) is 0.500. The number of rotatable bonds is 5. The summed E-state index contributed by atoms with van der Waals surface area (Å²) in [6, 6.07) is 0. The molecule has 0 bridgehead atoms. The van der Waals surface area contributed by atoms with Crippen LogP contribution in [0.5, 0.6) is 0 Å². The third-order valence-corrected chi connectivity index (χ3v) is 1.29. The third kappa shape index (κ3) is 13.6. The number of hydrogen-bond acceptors (Lipinski definition) is 4. The van der Waals surface area contributed by atoms with Crippen LogP contribution >= 0.6 is 0 Å². The van der Waals surface area contributed by atoms with Gasteiger partial charge in [-0.15, -0.1) is 0 Å². The van der Waals surface area contributed by atoms with Gasteiger partial charge >= 0.3 is 17.9 Å². The molecule has 17 heavy (non-hydrogen) atoms. The van der Waals surface area contributed by atoms with Gasteiger partial charge < -0.3 is 25.9 Å². The van der Waals surface area contributed by atoms with E-state index in [1.807, 2.05) is 0 Å². The van der Waals surface area contributed by atoms with E-state index >= 15 is 0 Å². The second-order valence-electron chi connectivity index (χ2n) is 2.48. The van der Waals surface area contributed by atoms with E-state index in [1.165, 1.54) is 0 Å². The molecule has 8 nitrogen and oxygen atoms in total. The van der Waals surface area contributed by atoms with E-state index in [1.54, 1.807) is 0 Å². The molecule has 0 aliphatic rings. The number of carboxylic acids is 3. The molecule has 11 heteroatoms. The van der Waals surface area contributed by atoms with E-state index in [4.69, 9.17) is 20.4 Å². The summed E-state index contributed by atoms with van der Waals surface area (Å²) in [7, 11) is 0. The van der Waals surface area contributed by atoms with E-state index in [0.29, 0.717) is 0 Å². The molecule has 0 saturated heterocycles. The summed E-state index contributed by atoms with van der Waals surface area (Å²) >= 11 is 0. The van der Waals surface area contributed by atoms with E-state index in [0.717, 1.165) is 0 Å². The van der Waals surface area contributed by atoms with Crippen molar-refractivity contribution >= 4 is 107 Å². The van der Waals surface area contributed by atoms with Crippen LogP contribution in [0.3, 0.4) is 0 Å². The standard InChI is InChI=1S/C6H8O7.3Na.H2O/c7-3(8)1-6(13,5(11)12)2-4(9)10;;;;/h13H,1-2H2,(H,7,8)(H,9,10)(H,11,12);;;;1H2. The maximum Gasteiger partial charge on any atom is 0.336 e. The molecule has 0 aromatic rings. The molecule has 0 aromatic carbocycles. The van der Waals surface area contributed by atoms with Crippen LogP contribution in [0.1, 0.15) is 12.8 Å². The van der Waals surface area contributed by atoms with Crippen LogP contribution in [0.15, 0.2) is 0 Å². The Bertz CT molecular complexity index is 240. The number of hydrogen-bond donors (Lipinski definition) is 4. The zero-order valence-corrected chi connectivity index (χ0v) is 15.9. The quantitative estimate of drug-likeness (QED) is 0.384. The van der Waals surface area contributed by atoms with Gasteiger partial charge in [-0.05, 0) is 0 Å². The van der Waals surface area contributed by atoms with Gasteiger partial charge in [-0.25, -0.2) is 4.79 Å². The summed E-state index contributed by atoms with van der Waals surface area (Å²) in [5.41, 5.74) is -2.74. The van der Waals surface area contributed by atoms with Crippen molar-refractivity contribution in [1.29, 1.82) is 0 Å². The molecule has 0 atom stereocenters. The smallest absolute Gasteiger partial charge is 0.336 e. The van der Waals surface area contributed by atoms with Crippen molar-refractivity contribution in [2.75, 3.05) is 0 Å². The molecular weight excluding hydrogens is 269 g/mol. The summed E-state index contributed by atoms with van der Waals surface area (Å²) in [6.07, 6.45) is -2.29. The van der Waals surface area contributed by atoms with Gasteiger partial charge in [0.15, 0.2) is 5.60 Å². The van der Waals surface area contributed by atoms with Crippen LogP contribution < -0.4 is 0 Å². The average Bonchev–Trinajstić information content (AvgIpc) is 1.82. The molecular formula is C6H10Na3O8. The number of aliphatic hydroxyl groups is 1. The molecule has 0 spiro atoms. The Morgan fingerprint density at radius 1 is 0.824 bits per heavy atom. The van der Waals surface area contributed by atoms with Crippen LogP contribution in [0.25, 0.3) is 0 Å². The molecule has 0 aromatic heterocycles. The third-order valence-electron chi connectivity index (χ3n) is 1.29. The second kappa shape index (κ2) is 13.8. The molecule has 0 unspecified atom stereocenters. The first-order valence-electron chi connectivity index (χ1n) is 3.17. The van der Waals surface area contributed by atoms with Crippen LogP contribution in [0.4, 0.5) is 0 Å². The Morgan fingerprint density at radius 3 is 1.18 bits per heavy atom. The molecule has 85 valence electrons. The minimum atomic E-state index is -2.74. The molecule has 6 N–H and O–H groups in total. The first kappa shape index (κ1) is 31.0. The Labute approximate surface area is 163 Å². The molecule has 0 aliphatic heterocycles. The normalized spacial score (nSPS) is 8.29. The summed E-state index contributed by atoms with van der Waals surface area (Å²) in [5.74, 6) is -5.02. The summed E-state index contributed by atoms with van der Waals surface area (Å²) in [6.45, 7) is 0. The van der Waals surface area contributed by atoms with Crippen molar-refractivity contribution in [3.05, 3.63) is 0 Å².